The maximum Gasteiger partial charge on any atom is 0.317 e. The van der Waals surface area contributed by atoms with Crippen LogP contribution in [-0.4, -0.2) is 73.2 Å². The molecule has 1 rings (SSSR count). The van der Waals surface area contributed by atoms with Gasteiger partial charge >= 0.3 is 18.0 Å². The molecule has 0 aliphatic carbocycles. The predicted molar refractivity (Wildman–Crippen MR) is 77.0 cm³/mol. The van der Waals surface area contributed by atoms with E-state index in [9.17, 15) is 19.5 Å². The highest BCUT2D eigenvalue weighted by Crippen LogP contribution is 2.29. The van der Waals surface area contributed by atoms with Crippen LogP contribution in [0.25, 0.3) is 0 Å². The summed E-state index contributed by atoms with van der Waals surface area (Å²) in [7, 11) is 3.27. The molecule has 4 amide bonds. The van der Waals surface area contributed by atoms with Gasteiger partial charge < -0.3 is 25.5 Å². The Morgan fingerprint density at radius 2 is 1.86 bits per heavy atom. The van der Waals surface area contributed by atoms with E-state index in [0.717, 1.165) is 0 Å². The van der Waals surface area contributed by atoms with Crippen LogP contribution in [0.2, 0.25) is 0 Å². The first kappa shape index (κ1) is 17.1. The third-order valence-electron chi connectivity index (χ3n) is 3.58. The lowest BCUT2D eigenvalue weighted by atomic mass is 9.82. The molecule has 120 valence electrons. The summed E-state index contributed by atoms with van der Waals surface area (Å²) in [6, 6.07) is -0.512. The number of carbonyl (C=O) groups excluding carboxylic acids is 2. The second-order valence-corrected chi connectivity index (χ2v) is 5.75. The van der Waals surface area contributed by atoms with Crippen LogP contribution in [0, 0.1) is 5.41 Å². The molecular formula is C13H24N4O4. The first-order chi connectivity index (χ1) is 9.76. The molecule has 0 radical (unpaired) electrons. The number of hydrogen-bond acceptors (Lipinski definition) is 3. The SMILES string of the molecule is CN(C)C(=O)NCCNC(=O)N1CCCC(C)(C(=O)O)C1. The number of urea groups is 2. The monoisotopic (exact) mass is 300 g/mol. The number of nitrogens with zero attached hydrogens (tertiary/aromatic N) is 2. The summed E-state index contributed by atoms with van der Waals surface area (Å²) >= 11 is 0. The van der Waals surface area contributed by atoms with Gasteiger partial charge in [-0.1, -0.05) is 0 Å². The fraction of sp³-hybridized carbons (Fsp3) is 0.769. The molecule has 1 unspecified atom stereocenters. The highest BCUT2D eigenvalue weighted by atomic mass is 16.4. The number of hydrogen-bond donors (Lipinski definition) is 3. The van der Waals surface area contributed by atoms with E-state index in [0.29, 0.717) is 32.5 Å². The Bertz CT molecular complexity index is 413. The van der Waals surface area contributed by atoms with Gasteiger partial charge in [0.2, 0.25) is 0 Å². The zero-order valence-electron chi connectivity index (χ0n) is 12.8. The quantitative estimate of drug-likeness (QED) is 0.643. The van der Waals surface area contributed by atoms with E-state index in [-0.39, 0.29) is 18.6 Å². The molecule has 1 aliphatic rings. The van der Waals surface area contributed by atoms with Crippen LogP contribution >= 0.6 is 0 Å². The zero-order valence-corrected chi connectivity index (χ0v) is 12.8. The average Bonchev–Trinajstić information content (AvgIpc) is 2.42. The van der Waals surface area contributed by atoms with Gasteiger partial charge in [-0.2, -0.15) is 0 Å². The van der Waals surface area contributed by atoms with Crippen molar-refractivity contribution in [2.45, 2.75) is 19.8 Å². The highest BCUT2D eigenvalue weighted by Gasteiger charge is 2.39. The Morgan fingerprint density at radius 1 is 1.24 bits per heavy atom. The lowest BCUT2D eigenvalue weighted by molar-refractivity contribution is -0.150. The Morgan fingerprint density at radius 3 is 2.43 bits per heavy atom. The fourth-order valence-electron chi connectivity index (χ4n) is 2.20. The normalized spacial score (nSPS) is 21.6. The van der Waals surface area contributed by atoms with Crippen LogP contribution in [0.3, 0.4) is 0 Å². The second-order valence-electron chi connectivity index (χ2n) is 5.75. The molecule has 1 atom stereocenters. The second kappa shape index (κ2) is 7.14. The molecule has 3 N–H and O–H groups in total. The molecule has 1 heterocycles. The largest absolute Gasteiger partial charge is 0.481 e. The third-order valence-corrected chi connectivity index (χ3v) is 3.58. The van der Waals surface area contributed by atoms with Gasteiger partial charge in [0.1, 0.15) is 0 Å². The van der Waals surface area contributed by atoms with Gasteiger partial charge in [0.25, 0.3) is 0 Å². The summed E-state index contributed by atoms with van der Waals surface area (Å²) < 4.78 is 0. The molecule has 0 aromatic rings. The van der Waals surface area contributed by atoms with Gasteiger partial charge in [-0.05, 0) is 19.8 Å². The van der Waals surface area contributed by atoms with Crippen LogP contribution in [-0.2, 0) is 4.79 Å². The molecule has 0 bridgehead atoms. The minimum atomic E-state index is -0.880. The van der Waals surface area contributed by atoms with Gasteiger partial charge in [0, 0.05) is 40.3 Å². The predicted octanol–water partition coefficient (Wildman–Crippen LogP) is 0.154. The van der Waals surface area contributed by atoms with E-state index in [1.165, 1.54) is 9.80 Å². The number of rotatable bonds is 4. The summed E-state index contributed by atoms with van der Waals surface area (Å²) in [5.41, 5.74) is -0.880. The third kappa shape index (κ3) is 4.80. The maximum absolute atomic E-state index is 12.0. The average molecular weight is 300 g/mol. The summed E-state index contributed by atoms with van der Waals surface area (Å²) in [5, 5.41) is 14.5. The van der Waals surface area contributed by atoms with Crippen LogP contribution in [0.1, 0.15) is 19.8 Å². The van der Waals surface area contributed by atoms with Gasteiger partial charge in [-0.25, -0.2) is 9.59 Å². The van der Waals surface area contributed by atoms with Crippen molar-refractivity contribution in [1.82, 2.24) is 20.4 Å². The molecule has 1 aliphatic heterocycles. The molecular weight excluding hydrogens is 276 g/mol. The van der Waals surface area contributed by atoms with Crippen molar-refractivity contribution in [3.05, 3.63) is 0 Å². The molecule has 1 saturated heterocycles. The van der Waals surface area contributed by atoms with Crippen molar-refractivity contribution in [2.75, 3.05) is 40.3 Å². The van der Waals surface area contributed by atoms with Gasteiger partial charge in [-0.3, -0.25) is 4.79 Å². The maximum atomic E-state index is 12.0. The standard InChI is InChI=1S/C13H24N4O4/c1-13(10(18)19)5-4-8-17(9-13)12(21)15-7-6-14-11(20)16(2)3/h4-9H2,1-3H3,(H,14,20)(H,15,21)(H,18,19). The van der Waals surface area contributed by atoms with Crippen molar-refractivity contribution in [3.63, 3.8) is 0 Å². The first-order valence-electron chi connectivity index (χ1n) is 6.97. The van der Waals surface area contributed by atoms with Crippen LogP contribution in [0.15, 0.2) is 0 Å². The van der Waals surface area contributed by atoms with Gasteiger partial charge in [0.05, 0.1) is 5.41 Å². The Kier molecular flexibility index (Phi) is 5.80. The van der Waals surface area contributed by atoms with Crippen molar-refractivity contribution in [2.24, 2.45) is 5.41 Å². The first-order valence-corrected chi connectivity index (χ1v) is 6.97. The molecule has 0 aromatic carbocycles. The highest BCUT2D eigenvalue weighted by molar-refractivity contribution is 5.78. The lowest BCUT2D eigenvalue weighted by Crippen LogP contribution is -2.52. The number of aliphatic carboxylic acids is 1. The van der Waals surface area contributed by atoms with Crippen molar-refractivity contribution >= 4 is 18.0 Å². The van der Waals surface area contributed by atoms with E-state index in [2.05, 4.69) is 10.6 Å². The summed E-state index contributed by atoms with van der Waals surface area (Å²) in [5.74, 6) is -0.877. The van der Waals surface area contributed by atoms with Crippen molar-refractivity contribution in [1.29, 1.82) is 0 Å². The van der Waals surface area contributed by atoms with Crippen LogP contribution < -0.4 is 10.6 Å². The van der Waals surface area contributed by atoms with E-state index in [4.69, 9.17) is 0 Å². The number of carbonyl (C=O) groups is 3. The minimum absolute atomic E-state index is 0.207. The zero-order chi connectivity index (χ0) is 16.0. The molecule has 0 aromatic heterocycles. The fourth-order valence-corrected chi connectivity index (χ4v) is 2.20. The van der Waals surface area contributed by atoms with Gasteiger partial charge in [-0.15, -0.1) is 0 Å². The van der Waals surface area contributed by atoms with Crippen molar-refractivity contribution < 1.29 is 19.5 Å². The number of amides is 4. The molecule has 0 spiro atoms. The minimum Gasteiger partial charge on any atom is -0.481 e. The number of nitrogens with one attached hydrogen (secondary N) is 2. The summed E-state index contributed by atoms with van der Waals surface area (Å²) in [4.78, 5) is 37.4. The number of likely N-dealkylation sites (tertiary alicyclic amines) is 1. The van der Waals surface area contributed by atoms with E-state index in [1.54, 1.807) is 21.0 Å². The lowest BCUT2D eigenvalue weighted by Gasteiger charge is -2.37. The number of carboxylic acid groups (broad SMARTS) is 1. The molecule has 8 heteroatoms. The number of piperidine rings is 1. The molecule has 1 fully saturated rings. The Balaban J connectivity index is 2.35. The molecule has 21 heavy (non-hydrogen) atoms. The summed E-state index contributed by atoms with van der Waals surface area (Å²) in [6.45, 7) is 3.05. The van der Waals surface area contributed by atoms with Crippen LogP contribution in [0.4, 0.5) is 9.59 Å². The smallest absolute Gasteiger partial charge is 0.317 e. The Hall–Kier alpha value is -1.99. The molecule has 8 nitrogen and oxygen atoms in total. The Labute approximate surface area is 124 Å². The number of carboxylic acids is 1. The van der Waals surface area contributed by atoms with E-state index < -0.39 is 11.4 Å². The van der Waals surface area contributed by atoms with Crippen molar-refractivity contribution in [3.8, 4) is 0 Å². The topological polar surface area (TPSA) is 102 Å². The van der Waals surface area contributed by atoms with E-state index in [1.807, 2.05) is 0 Å². The van der Waals surface area contributed by atoms with Gasteiger partial charge in [0.15, 0.2) is 0 Å². The summed E-state index contributed by atoms with van der Waals surface area (Å²) in [6.07, 6.45) is 1.25. The molecule has 0 saturated carbocycles. The van der Waals surface area contributed by atoms with E-state index >= 15 is 0 Å². The van der Waals surface area contributed by atoms with Crippen LogP contribution in [0.5, 0.6) is 0 Å².